The van der Waals surface area contributed by atoms with E-state index in [1.165, 1.54) is 24.8 Å². The molecule has 2 rings (SSSR count). The van der Waals surface area contributed by atoms with Gasteiger partial charge in [-0.25, -0.2) is 0 Å². The van der Waals surface area contributed by atoms with E-state index in [2.05, 4.69) is 26.9 Å². The van der Waals surface area contributed by atoms with Gasteiger partial charge in [-0.15, -0.1) is 11.6 Å². The lowest BCUT2D eigenvalue weighted by Crippen LogP contribution is -2.40. The van der Waals surface area contributed by atoms with E-state index in [4.69, 9.17) is 16.3 Å². The van der Waals surface area contributed by atoms with Crippen LogP contribution in [0.25, 0.3) is 0 Å². The molecule has 0 radical (unpaired) electrons. The maximum atomic E-state index is 6.06. The van der Waals surface area contributed by atoms with Gasteiger partial charge in [0.05, 0.1) is 7.11 Å². The van der Waals surface area contributed by atoms with Gasteiger partial charge >= 0.3 is 0 Å². The summed E-state index contributed by atoms with van der Waals surface area (Å²) < 4.78 is 6.53. The number of alkyl halides is 1. The Hall–Kier alpha value is -0.250. The van der Waals surface area contributed by atoms with Crippen LogP contribution < -0.4 is 4.74 Å². The number of nitrogens with zero attached hydrogens (tertiary/aromatic N) is 1. The minimum absolute atomic E-state index is 0.504. The molecule has 1 unspecified atom stereocenters. The fourth-order valence-corrected chi connectivity index (χ4v) is 3.29. The van der Waals surface area contributed by atoms with E-state index < -0.39 is 0 Å². The highest BCUT2D eigenvalue weighted by atomic mass is 79.9. The molecule has 0 aromatic heterocycles. The zero-order valence-corrected chi connectivity index (χ0v) is 13.0. The molecule has 1 atom stereocenters. The van der Waals surface area contributed by atoms with Crippen LogP contribution in [0.15, 0.2) is 22.7 Å². The highest BCUT2D eigenvalue weighted by Gasteiger charge is 2.22. The first-order valence-corrected chi connectivity index (χ1v) is 7.69. The second kappa shape index (κ2) is 6.78. The molecule has 100 valence electrons. The van der Waals surface area contributed by atoms with Gasteiger partial charge in [0.1, 0.15) is 5.75 Å². The fourth-order valence-electron chi connectivity index (χ4n) is 2.53. The lowest BCUT2D eigenvalue weighted by molar-refractivity contribution is 0.153. The Morgan fingerprint density at radius 2 is 2.28 bits per heavy atom. The quantitative estimate of drug-likeness (QED) is 0.771. The first-order chi connectivity index (χ1) is 8.74. The van der Waals surface area contributed by atoms with Crippen molar-refractivity contribution in [2.75, 3.05) is 19.5 Å². The molecule has 0 bridgehead atoms. The number of piperidine rings is 1. The van der Waals surface area contributed by atoms with Crippen LogP contribution in [0.1, 0.15) is 24.8 Å². The van der Waals surface area contributed by atoms with Gasteiger partial charge in [-0.2, -0.15) is 0 Å². The molecule has 1 aromatic rings. The minimum atomic E-state index is 0.504. The smallest absolute Gasteiger partial charge is 0.123 e. The summed E-state index contributed by atoms with van der Waals surface area (Å²) in [7, 11) is 1.72. The minimum Gasteiger partial charge on any atom is -0.496 e. The van der Waals surface area contributed by atoms with Crippen LogP contribution in [0.5, 0.6) is 5.75 Å². The Kier molecular flexibility index (Phi) is 5.34. The molecule has 0 aliphatic carbocycles. The summed E-state index contributed by atoms with van der Waals surface area (Å²) in [5.41, 5.74) is 1.23. The van der Waals surface area contributed by atoms with E-state index in [1.807, 2.05) is 12.1 Å². The van der Waals surface area contributed by atoms with E-state index in [1.54, 1.807) is 7.11 Å². The predicted octanol–water partition coefficient (Wildman–Crippen LogP) is 4.05. The van der Waals surface area contributed by atoms with E-state index in [0.29, 0.717) is 6.04 Å². The van der Waals surface area contributed by atoms with Gasteiger partial charge in [-0.3, -0.25) is 4.90 Å². The number of benzene rings is 1. The Balaban J connectivity index is 2.14. The molecule has 2 nitrogen and oxygen atoms in total. The fraction of sp³-hybridized carbons (Fsp3) is 0.571. The molecule has 1 aliphatic rings. The third kappa shape index (κ3) is 3.40. The van der Waals surface area contributed by atoms with Gasteiger partial charge in [-0.05, 0) is 37.6 Å². The molecule has 0 amide bonds. The summed E-state index contributed by atoms with van der Waals surface area (Å²) in [6.45, 7) is 2.05. The van der Waals surface area contributed by atoms with Crippen molar-refractivity contribution in [3.63, 3.8) is 0 Å². The van der Waals surface area contributed by atoms with Crippen molar-refractivity contribution in [1.29, 1.82) is 0 Å². The predicted molar refractivity (Wildman–Crippen MR) is 79.5 cm³/mol. The Morgan fingerprint density at radius 3 is 3.00 bits per heavy atom. The van der Waals surface area contributed by atoms with Gasteiger partial charge in [0.15, 0.2) is 0 Å². The first kappa shape index (κ1) is 14.2. The molecule has 1 heterocycles. The van der Waals surface area contributed by atoms with E-state index >= 15 is 0 Å². The normalized spacial score (nSPS) is 20.9. The van der Waals surface area contributed by atoms with Crippen molar-refractivity contribution in [3.8, 4) is 5.75 Å². The number of hydrogen-bond donors (Lipinski definition) is 0. The van der Waals surface area contributed by atoms with Crippen molar-refractivity contribution < 1.29 is 4.74 Å². The zero-order chi connectivity index (χ0) is 13.0. The van der Waals surface area contributed by atoms with Gasteiger partial charge in [0.2, 0.25) is 0 Å². The number of likely N-dealkylation sites (tertiary alicyclic amines) is 1. The monoisotopic (exact) mass is 331 g/mol. The SMILES string of the molecule is COc1ccc(Br)cc1CN1CCCCC1CCl. The van der Waals surface area contributed by atoms with Crippen molar-refractivity contribution >= 4 is 27.5 Å². The number of methoxy groups -OCH3 is 1. The summed E-state index contributed by atoms with van der Waals surface area (Å²) >= 11 is 9.59. The molecule has 0 N–H and O–H groups in total. The number of rotatable bonds is 4. The van der Waals surface area contributed by atoms with E-state index in [-0.39, 0.29) is 0 Å². The molecule has 0 saturated carbocycles. The molecule has 1 aliphatic heterocycles. The molecule has 0 spiro atoms. The van der Waals surface area contributed by atoms with Gasteiger partial charge < -0.3 is 4.74 Å². The topological polar surface area (TPSA) is 12.5 Å². The van der Waals surface area contributed by atoms with Crippen LogP contribution in [0.4, 0.5) is 0 Å². The summed E-state index contributed by atoms with van der Waals surface area (Å²) in [5, 5.41) is 0. The Morgan fingerprint density at radius 1 is 1.44 bits per heavy atom. The van der Waals surface area contributed by atoms with Gasteiger partial charge in [0, 0.05) is 28.5 Å². The van der Waals surface area contributed by atoms with Crippen LogP contribution >= 0.6 is 27.5 Å². The second-order valence-corrected chi connectivity index (χ2v) is 5.95. The zero-order valence-electron chi connectivity index (χ0n) is 10.7. The van der Waals surface area contributed by atoms with Crippen molar-refractivity contribution in [2.45, 2.75) is 31.8 Å². The van der Waals surface area contributed by atoms with Gasteiger partial charge in [0.25, 0.3) is 0 Å². The number of hydrogen-bond acceptors (Lipinski definition) is 2. The highest BCUT2D eigenvalue weighted by molar-refractivity contribution is 9.10. The van der Waals surface area contributed by atoms with Crippen molar-refractivity contribution in [2.24, 2.45) is 0 Å². The molecular formula is C14H19BrClNO. The van der Waals surface area contributed by atoms with Gasteiger partial charge in [-0.1, -0.05) is 22.4 Å². The average Bonchev–Trinajstić information content (AvgIpc) is 2.40. The second-order valence-electron chi connectivity index (χ2n) is 4.73. The van der Waals surface area contributed by atoms with Crippen LogP contribution in [0.3, 0.4) is 0 Å². The first-order valence-electron chi connectivity index (χ1n) is 6.37. The summed E-state index contributed by atoms with van der Waals surface area (Å²) in [6.07, 6.45) is 3.77. The molecule has 1 fully saturated rings. The van der Waals surface area contributed by atoms with Crippen molar-refractivity contribution in [1.82, 2.24) is 4.90 Å². The van der Waals surface area contributed by atoms with Crippen molar-refractivity contribution in [3.05, 3.63) is 28.2 Å². The maximum absolute atomic E-state index is 6.06. The summed E-state index contributed by atoms with van der Waals surface area (Å²) in [4.78, 5) is 2.47. The third-order valence-corrected chi connectivity index (χ3v) is 4.39. The van der Waals surface area contributed by atoms with Crippen LogP contribution in [-0.4, -0.2) is 30.5 Å². The van der Waals surface area contributed by atoms with E-state index in [0.717, 1.165) is 29.2 Å². The molecular weight excluding hydrogens is 314 g/mol. The third-order valence-electron chi connectivity index (χ3n) is 3.54. The largest absolute Gasteiger partial charge is 0.496 e. The average molecular weight is 333 g/mol. The van der Waals surface area contributed by atoms with Crippen LogP contribution in [0, 0.1) is 0 Å². The molecule has 1 saturated heterocycles. The standard InChI is InChI=1S/C14H19BrClNO/c1-18-14-6-5-12(15)8-11(14)10-17-7-3-2-4-13(17)9-16/h5-6,8,13H,2-4,7,9-10H2,1H3. The summed E-state index contributed by atoms with van der Waals surface area (Å²) in [6, 6.07) is 6.67. The molecule has 4 heteroatoms. The van der Waals surface area contributed by atoms with Crippen LogP contribution in [0.2, 0.25) is 0 Å². The molecule has 1 aromatic carbocycles. The Bertz CT molecular complexity index is 399. The Labute approximate surface area is 122 Å². The lowest BCUT2D eigenvalue weighted by atomic mass is 10.0. The van der Waals surface area contributed by atoms with Crippen LogP contribution in [-0.2, 0) is 6.54 Å². The molecule has 18 heavy (non-hydrogen) atoms. The number of halogens is 2. The van der Waals surface area contributed by atoms with E-state index in [9.17, 15) is 0 Å². The summed E-state index contributed by atoms with van der Waals surface area (Å²) in [5.74, 6) is 1.67. The number of ether oxygens (including phenoxy) is 1. The highest BCUT2D eigenvalue weighted by Crippen LogP contribution is 2.27. The maximum Gasteiger partial charge on any atom is 0.123 e. The lowest BCUT2D eigenvalue weighted by Gasteiger charge is -2.34.